The normalized spacial score (nSPS) is 11.0. The number of pyridine rings is 1. The second-order valence-corrected chi connectivity index (χ2v) is 6.29. The van der Waals surface area contributed by atoms with Crippen LogP contribution in [0, 0.1) is 0 Å². The molecule has 0 unspecified atom stereocenters. The highest BCUT2D eigenvalue weighted by Gasteiger charge is 2.15. The van der Waals surface area contributed by atoms with Crippen molar-refractivity contribution in [3.8, 4) is 5.75 Å². The summed E-state index contributed by atoms with van der Waals surface area (Å²) >= 11 is 0. The van der Waals surface area contributed by atoms with Crippen LogP contribution in [-0.2, 0) is 9.84 Å². The van der Waals surface area contributed by atoms with Crippen LogP contribution in [0.3, 0.4) is 0 Å². The fourth-order valence-corrected chi connectivity index (χ4v) is 2.71. The second-order valence-electron chi connectivity index (χ2n) is 4.19. The van der Waals surface area contributed by atoms with Crippen LogP contribution >= 0.6 is 0 Å². The van der Waals surface area contributed by atoms with E-state index in [0.717, 1.165) is 0 Å². The van der Waals surface area contributed by atoms with Gasteiger partial charge in [0.05, 0.1) is 22.4 Å². The lowest BCUT2D eigenvalue weighted by atomic mass is 10.2. The van der Waals surface area contributed by atoms with E-state index in [4.69, 9.17) is 9.84 Å². The standard InChI is InChI=1S/C14H13NO5S/c16-14(17)11-3-5-13(6-4-11)21(18,19)9-8-20-12-2-1-7-15-10-12/h1-7,10H,8-9H2,(H,16,17). The summed E-state index contributed by atoms with van der Waals surface area (Å²) in [6.07, 6.45) is 3.09. The summed E-state index contributed by atoms with van der Waals surface area (Å²) in [6.45, 7) is -0.00525. The molecule has 0 saturated carbocycles. The summed E-state index contributed by atoms with van der Waals surface area (Å²) in [5.41, 5.74) is 0.0422. The first-order valence-electron chi connectivity index (χ1n) is 6.08. The average Bonchev–Trinajstić information content (AvgIpc) is 2.48. The van der Waals surface area contributed by atoms with Crippen LogP contribution in [0.2, 0.25) is 0 Å². The predicted molar refractivity (Wildman–Crippen MR) is 75.2 cm³/mol. The van der Waals surface area contributed by atoms with E-state index in [0.29, 0.717) is 5.75 Å². The van der Waals surface area contributed by atoms with E-state index in [-0.39, 0.29) is 22.8 Å². The first-order valence-corrected chi connectivity index (χ1v) is 7.73. The lowest BCUT2D eigenvalue weighted by Crippen LogP contribution is -2.14. The quantitative estimate of drug-likeness (QED) is 0.872. The van der Waals surface area contributed by atoms with Gasteiger partial charge in [0, 0.05) is 6.20 Å². The number of carboxylic acids is 1. The Bertz CT molecular complexity index is 711. The van der Waals surface area contributed by atoms with Gasteiger partial charge in [0.2, 0.25) is 0 Å². The maximum Gasteiger partial charge on any atom is 0.335 e. The Kier molecular flexibility index (Phi) is 4.54. The van der Waals surface area contributed by atoms with Crippen LogP contribution in [0.15, 0.2) is 53.7 Å². The van der Waals surface area contributed by atoms with Crippen LogP contribution in [0.1, 0.15) is 10.4 Å². The van der Waals surface area contributed by atoms with Crippen molar-refractivity contribution in [1.82, 2.24) is 4.98 Å². The number of aromatic nitrogens is 1. The fraction of sp³-hybridized carbons (Fsp3) is 0.143. The van der Waals surface area contributed by atoms with Gasteiger partial charge in [0.1, 0.15) is 12.4 Å². The van der Waals surface area contributed by atoms with Gasteiger partial charge in [-0.1, -0.05) is 0 Å². The van der Waals surface area contributed by atoms with Gasteiger partial charge in [-0.3, -0.25) is 4.98 Å². The molecule has 0 amide bonds. The van der Waals surface area contributed by atoms with Gasteiger partial charge in [-0.05, 0) is 36.4 Å². The highest BCUT2D eigenvalue weighted by Crippen LogP contribution is 2.13. The van der Waals surface area contributed by atoms with Crippen molar-refractivity contribution in [3.63, 3.8) is 0 Å². The lowest BCUT2D eigenvalue weighted by Gasteiger charge is -2.07. The van der Waals surface area contributed by atoms with Crippen molar-refractivity contribution in [2.24, 2.45) is 0 Å². The van der Waals surface area contributed by atoms with Crippen LogP contribution in [0.25, 0.3) is 0 Å². The van der Waals surface area contributed by atoms with Crippen molar-refractivity contribution in [1.29, 1.82) is 0 Å². The van der Waals surface area contributed by atoms with Gasteiger partial charge in [-0.25, -0.2) is 13.2 Å². The maximum absolute atomic E-state index is 12.1. The number of aromatic carboxylic acids is 1. The number of benzene rings is 1. The first-order chi connectivity index (χ1) is 9.99. The topological polar surface area (TPSA) is 93.6 Å². The van der Waals surface area contributed by atoms with Crippen LogP contribution in [0.5, 0.6) is 5.75 Å². The molecule has 0 spiro atoms. The molecule has 6 nitrogen and oxygen atoms in total. The highest BCUT2D eigenvalue weighted by molar-refractivity contribution is 7.91. The van der Waals surface area contributed by atoms with Gasteiger partial charge < -0.3 is 9.84 Å². The summed E-state index contributed by atoms with van der Waals surface area (Å²) in [4.78, 5) is 14.6. The number of rotatable bonds is 6. The van der Waals surface area contributed by atoms with E-state index in [9.17, 15) is 13.2 Å². The van der Waals surface area contributed by atoms with E-state index in [2.05, 4.69) is 4.98 Å². The average molecular weight is 307 g/mol. The minimum absolute atomic E-state index is 0.00525. The Morgan fingerprint density at radius 3 is 2.48 bits per heavy atom. The van der Waals surface area contributed by atoms with E-state index in [1.807, 2.05) is 0 Å². The van der Waals surface area contributed by atoms with Gasteiger partial charge >= 0.3 is 5.97 Å². The van der Waals surface area contributed by atoms with Gasteiger partial charge in [0.15, 0.2) is 9.84 Å². The monoisotopic (exact) mass is 307 g/mol. The molecule has 21 heavy (non-hydrogen) atoms. The Balaban J connectivity index is 2.00. The molecule has 110 valence electrons. The molecule has 0 fully saturated rings. The minimum atomic E-state index is -3.51. The zero-order chi connectivity index (χ0) is 15.3. The molecule has 2 aromatic rings. The molecule has 2 rings (SSSR count). The zero-order valence-electron chi connectivity index (χ0n) is 11.0. The van der Waals surface area contributed by atoms with Crippen molar-refractivity contribution >= 4 is 15.8 Å². The van der Waals surface area contributed by atoms with Gasteiger partial charge in [-0.2, -0.15) is 0 Å². The number of sulfone groups is 1. The third-order valence-electron chi connectivity index (χ3n) is 2.72. The largest absolute Gasteiger partial charge is 0.491 e. The van der Waals surface area contributed by atoms with Crippen molar-refractivity contribution in [2.75, 3.05) is 12.4 Å². The number of hydrogen-bond acceptors (Lipinski definition) is 5. The Morgan fingerprint density at radius 1 is 1.19 bits per heavy atom. The Morgan fingerprint density at radius 2 is 1.90 bits per heavy atom. The molecule has 1 aromatic heterocycles. The third kappa shape index (κ3) is 4.03. The van der Waals surface area contributed by atoms with Crippen molar-refractivity contribution in [3.05, 3.63) is 54.4 Å². The van der Waals surface area contributed by atoms with Crippen LogP contribution < -0.4 is 4.74 Å². The fourth-order valence-electron chi connectivity index (χ4n) is 1.62. The molecule has 1 N–H and O–H groups in total. The molecular weight excluding hydrogens is 294 g/mol. The number of carbonyl (C=O) groups is 1. The second kappa shape index (κ2) is 6.36. The Hall–Kier alpha value is -2.41. The van der Waals surface area contributed by atoms with Gasteiger partial charge in [0.25, 0.3) is 0 Å². The summed E-state index contributed by atoms with van der Waals surface area (Å²) in [5, 5.41) is 8.77. The maximum atomic E-state index is 12.1. The summed E-state index contributed by atoms with van der Waals surface area (Å²) in [7, 11) is -3.51. The van der Waals surface area contributed by atoms with E-state index < -0.39 is 15.8 Å². The molecule has 7 heteroatoms. The number of carboxylic acid groups (broad SMARTS) is 1. The molecule has 1 heterocycles. The molecule has 0 bridgehead atoms. The SMILES string of the molecule is O=C(O)c1ccc(S(=O)(=O)CCOc2cccnc2)cc1. The molecule has 0 atom stereocenters. The summed E-state index contributed by atoms with van der Waals surface area (Å²) in [5.74, 6) is -0.804. The number of hydrogen-bond donors (Lipinski definition) is 1. The molecular formula is C14H13NO5S. The minimum Gasteiger partial charge on any atom is -0.491 e. The summed E-state index contributed by atoms with van der Waals surface area (Å²) < 4.78 is 29.4. The molecule has 0 radical (unpaired) electrons. The molecule has 0 aliphatic carbocycles. The smallest absolute Gasteiger partial charge is 0.335 e. The molecule has 1 aromatic carbocycles. The number of nitrogens with zero attached hydrogens (tertiary/aromatic N) is 1. The lowest BCUT2D eigenvalue weighted by molar-refractivity contribution is 0.0696. The van der Waals surface area contributed by atoms with Crippen molar-refractivity contribution in [2.45, 2.75) is 4.90 Å². The number of ether oxygens (including phenoxy) is 1. The van der Waals surface area contributed by atoms with Crippen LogP contribution in [0.4, 0.5) is 0 Å². The first kappa shape index (κ1) is 15.0. The van der Waals surface area contributed by atoms with Crippen molar-refractivity contribution < 1.29 is 23.1 Å². The predicted octanol–water partition coefficient (Wildman–Crippen LogP) is 1.63. The van der Waals surface area contributed by atoms with Gasteiger partial charge in [-0.15, -0.1) is 0 Å². The molecule has 0 aliphatic rings. The van der Waals surface area contributed by atoms with E-state index in [1.165, 1.54) is 30.5 Å². The molecule has 0 saturated heterocycles. The summed E-state index contributed by atoms with van der Waals surface area (Å²) in [6, 6.07) is 8.45. The van der Waals surface area contributed by atoms with E-state index >= 15 is 0 Å². The third-order valence-corrected chi connectivity index (χ3v) is 4.41. The molecule has 0 aliphatic heterocycles. The highest BCUT2D eigenvalue weighted by atomic mass is 32.2. The van der Waals surface area contributed by atoms with E-state index in [1.54, 1.807) is 18.3 Å². The Labute approximate surface area is 121 Å². The zero-order valence-corrected chi connectivity index (χ0v) is 11.8. The van der Waals surface area contributed by atoms with Crippen LogP contribution in [-0.4, -0.2) is 36.8 Å².